The Morgan fingerprint density at radius 3 is 1.89 bits per heavy atom. The lowest BCUT2D eigenvalue weighted by atomic mass is 10.0. The molecule has 0 saturated carbocycles. The van der Waals surface area contributed by atoms with Gasteiger partial charge in [0.25, 0.3) is 15.9 Å². The Hall–Kier alpha value is -4.10. The average molecular weight is 485 g/mol. The van der Waals surface area contributed by atoms with E-state index in [0.717, 1.165) is 5.56 Å². The van der Waals surface area contributed by atoms with Crippen molar-refractivity contribution in [2.45, 2.75) is 24.1 Å². The third-order valence-electron chi connectivity index (χ3n) is 5.89. The Balaban J connectivity index is 1.65. The SMILES string of the molecule is Cc1ccc(S(=O)(=O)N(c2ccccc2)[C@@H]2[C@H](Oc3ccccc3)C(=O)N2c2ccccc2)cc1. The number of rotatable bonds is 7. The maximum absolute atomic E-state index is 14.1. The lowest BCUT2D eigenvalue weighted by Crippen LogP contribution is -2.74. The number of benzene rings is 4. The Kier molecular flexibility index (Phi) is 6.01. The van der Waals surface area contributed by atoms with Crippen molar-refractivity contribution in [1.29, 1.82) is 0 Å². The van der Waals surface area contributed by atoms with Crippen molar-refractivity contribution in [1.82, 2.24) is 0 Å². The smallest absolute Gasteiger partial charge is 0.274 e. The molecule has 35 heavy (non-hydrogen) atoms. The first kappa shape index (κ1) is 22.7. The van der Waals surface area contributed by atoms with Crippen LogP contribution in [0.2, 0.25) is 0 Å². The van der Waals surface area contributed by atoms with E-state index in [0.29, 0.717) is 17.1 Å². The molecule has 2 atom stereocenters. The lowest BCUT2D eigenvalue weighted by Gasteiger charge is -2.50. The van der Waals surface area contributed by atoms with Crippen LogP contribution in [-0.4, -0.2) is 26.6 Å². The summed E-state index contributed by atoms with van der Waals surface area (Å²) >= 11 is 0. The summed E-state index contributed by atoms with van der Waals surface area (Å²) in [6, 6.07) is 33.5. The topological polar surface area (TPSA) is 66.9 Å². The number of carbonyl (C=O) groups excluding carboxylic acids is 1. The molecule has 4 aromatic carbocycles. The number of para-hydroxylation sites is 3. The van der Waals surface area contributed by atoms with Gasteiger partial charge in [-0.2, -0.15) is 0 Å². The van der Waals surface area contributed by atoms with Gasteiger partial charge in [-0.3, -0.25) is 9.69 Å². The molecule has 0 aromatic heterocycles. The van der Waals surface area contributed by atoms with E-state index in [2.05, 4.69) is 0 Å². The number of amides is 1. The molecular weight excluding hydrogens is 460 g/mol. The first-order valence-corrected chi connectivity index (χ1v) is 12.7. The highest BCUT2D eigenvalue weighted by molar-refractivity contribution is 7.92. The number of carbonyl (C=O) groups is 1. The zero-order chi connectivity index (χ0) is 24.4. The summed E-state index contributed by atoms with van der Waals surface area (Å²) in [4.78, 5) is 15.0. The molecule has 1 amide bonds. The molecule has 7 heteroatoms. The second kappa shape index (κ2) is 9.27. The second-order valence-electron chi connectivity index (χ2n) is 8.26. The lowest BCUT2D eigenvalue weighted by molar-refractivity contribution is -0.134. The zero-order valence-corrected chi connectivity index (χ0v) is 19.9. The molecule has 176 valence electrons. The van der Waals surface area contributed by atoms with Gasteiger partial charge in [-0.05, 0) is 55.5 Å². The van der Waals surface area contributed by atoms with Crippen LogP contribution in [-0.2, 0) is 14.8 Å². The summed E-state index contributed by atoms with van der Waals surface area (Å²) < 4.78 is 35.6. The van der Waals surface area contributed by atoms with Gasteiger partial charge in [0, 0.05) is 5.69 Å². The fourth-order valence-electron chi connectivity index (χ4n) is 4.13. The van der Waals surface area contributed by atoms with Gasteiger partial charge in [-0.15, -0.1) is 0 Å². The summed E-state index contributed by atoms with van der Waals surface area (Å²) in [6.07, 6.45) is -1.96. The average Bonchev–Trinajstić information content (AvgIpc) is 2.89. The number of hydrogen-bond acceptors (Lipinski definition) is 4. The van der Waals surface area contributed by atoms with E-state index in [4.69, 9.17) is 4.74 Å². The Labute approximate surface area is 205 Å². The van der Waals surface area contributed by atoms with Gasteiger partial charge in [0.05, 0.1) is 10.6 Å². The van der Waals surface area contributed by atoms with E-state index in [1.807, 2.05) is 37.3 Å². The number of anilines is 2. The normalized spacial score (nSPS) is 17.5. The summed E-state index contributed by atoms with van der Waals surface area (Å²) in [5.41, 5.74) is 1.98. The molecule has 1 saturated heterocycles. The van der Waals surface area contributed by atoms with Crippen molar-refractivity contribution < 1.29 is 17.9 Å². The first-order chi connectivity index (χ1) is 17.0. The highest BCUT2D eigenvalue weighted by Crippen LogP contribution is 2.38. The molecule has 0 bridgehead atoms. The molecule has 1 fully saturated rings. The molecule has 0 aliphatic carbocycles. The van der Waals surface area contributed by atoms with Crippen molar-refractivity contribution in [3.8, 4) is 5.75 Å². The molecule has 4 aromatic rings. The van der Waals surface area contributed by atoms with Crippen LogP contribution in [0, 0.1) is 6.92 Å². The molecule has 0 radical (unpaired) electrons. The fraction of sp³-hybridized carbons (Fsp3) is 0.107. The molecule has 0 N–H and O–H groups in total. The quantitative estimate of drug-likeness (QED) is 0.346. The van der Waals surface area contributed by atoms with E-state index in [-0.39, 0.29) is 10.8 Å². The monoisotopic (exact) mass is 484 g/mol. The van der Waals surface area contributed by atoms with Crippen LogP contribution in [0.5, 0.6) is 5.75 Å². The van der Waals surface area contributed by atoms with E-state index in [1.165, 1.54) is 9.21 Å². The van der Waals surface area contributed by atoms with Crippen LogP contribution in [0.1, 0.15) is 5.56 Å². The van der Waals surface area contributed by atoms with Crippen LogP contribution >= 0.6 is 0 Å². The van der Waals surface area contributed by atoms with E-state index in [9.17, 15) is 13.2 Å². The zero-order valence-electron chi connectivity index (χ0n) is 19.1. The molecule has 6 nitrogen and oxygen atoms in total. The maximum atomic E-state index is 14.1. The Morgan fingerprint density at radius 1 is 0.743 bits per heavy atom. The van der Waals surface area contributed by atoms with Gasteiger partial charge in [-0.1, -0.05) is 72.3 Å². The fourth-order valence-corrected chi connectivity index (χ4v) is 5.73. The van der Waals surface area contributed by atoms with Crippen molar-refractivity contribution >= 4 is 27.3 Å². The van der Waals surface area contributed by atoms with Gasteiger partial charge in [0.1, 0.15) is 5.75 Å². The molecule has 1 aliphatic rings. The van der Waals surface area contributed by atoms with E-state index >= 15 is 0 Å². The van der Waals surface area contributed by atoms with Gasteiger partial charge in [-0.25, -0.2) is 12.7 Å². The maximum Gasteiger partial charge on any atom is 0.274 e. The summed E-state index contributed by atoms with van der Waals surface area (Å²) in [6.45, 7) is 1.90. The number of β-lactam (4-membered cyclic amide) rings is 1. The number of nitrogens with zero attached hydrogens (tertiary/aromatic N) is 2. The summed E-state index contributed by atoms with van der Waals surface area (Å²) in [5.74, 6) is 0.175. The van der Waals surface area contributed by atoms with Crippen molar-refractivity contribution in [3.05, 3.63) is 121 Å². The summed E-state index contributed by atoms with van der Waals surface area (Å²) in [7, 11) is -4.06. The van der Waals surface area contributed by atoms with Crippen LogP contribution in [0.3, 0.4) is 0 Å². The number of hydrogen-bond donors (Lipinski definition) is 0. The van der Waals surface area contributed by atoms with E-state index in [1.54, 1.807) is 84.9 Å². The highest BCUT2D eigenvalue weighted by atomic mass is 32.2. The number of aryl methyl sites for hydroxylation is 1. The summed E-state index contributed by atoms with van der Waals surface area (Å²) in [5, 5.41) is 0. The standard InChI is InChI=1S/C28H24N2O4S/c1-21-17-19-25(20-18-21)35(32,33)30(23-13-7-3-8-14-23)27-26(34-24-15-9-4-10-16-24)28(31)29(27)22-11-5-2-6-12-22/h2-20,26-27H,1H3/t26-,27+/m0/s1. The van der Waals surface area contributed by atoms with Crippen molar-refractivity contribution in [2.75, 3.05) is 9.21 Å². The largest absolute Gasteiger partial charge is 0.476 e. The number of ether oxygens (including phenoxy) is 1. The highest BCUT2D eigenvalue weighted by Gasteiger charge is 2.56. The van der Waals surface area contributed by atoms with Gasteiger partial charge >= 0.3 is 0 Å². The molecule has 0 spiro atoms. The third kappa shape index (κ3) is 4.26. The molecular formula is C28H24N2O4S. The predicted molar refractivity (Wildman–Crippen MR) is 136 cm³/mol. The molecule has 1 aliphatic heterocycles. The van der Waals surface area contributed by atoms with Gasteiger partial charge in [0.2, 0.25) is 6.10 Å². The number of sulfonamides is 1. The minimum absolute atomic E-state index is 0.137. The third-order valence-corrected chi connectivity index (χ3v) is 7.70. The van der Waals surface area contributed by atoms with Gasteiger partial charge in [0.15, 0.2) is 6.17 Å². The molecule has 0 unspecified atom stereocenters. The minimum Gasteiger partial charge on any atom is -0.476 e. The molecule has 1 heterocycles. The minimum atomic E-state index is -4.06. The van der Waals surface area contributed by atoms with Crippen LogP contribution in [0.25, 0.3) is 0 Å². The second-order valence-corrected chi connectivity index (χ2v) is 10.1. The van der Waals surface area contributed by atoms with E-state index < -0.39 is 22.3 Å². The van der Waals surface area contributed by atoms with Crippen molar-refractivity contribution in [2.24, 2.45) is 0 Å². The predicted octanol–water partition coefficient (Wildman–Crippen LogP) is 5.01. The van der Waals surface area contributed by atoms with Crippen LogP contribution in [0.15, 0.2) is 120 Å². The van der Waals surface area contributed by atoms with Crippen molar-refractivity contribution in [3.63, 3.8) is 0 Å². The van der Waals surface area contributed by atoms with Crippen LogP contribution < -0.4 is 13.9 Å². The first-order valence-electron chi connectivity index (χ1n) is 11.2. The Morgan fingerprint density at radius 2 is 1.29 bits per heavy atom. The Bertz CT molecular complexity index is 1410. The van der Waals surface area contributed by atoms with Crippen LogP contribution in [0.4, 0.5) is 11.4 Å². The van der Waals surface area contributed by atoms with Gasteiger partial charge < -0.3 is 4.74 Å². The molecule has 5 rings (SSSR count).